The van der Waals surface area contributed by atoms with Gasteiger partial charge in [-0.3, -0.25) is 10.2 Å². The summed E-state index contributed by atoms with van der Waals surface area (Å²) in [4.78, 5) is 13.1. The summed E-state index contributed by atoms with van der Waals surface area (Å²) in [6.07, 6.45) is 0. The van der Waals surface area contributed by atoms with Crippen molar-refractivity contribution >= 4 is 27.7 Å². The van der Waals surface area contributed by atoms with E-state index in [1.165, 1.54) is 30.3 Å². The Morgan fingerprint density at radius 2 is 1.61 bits per heavy atom. The van der Waals surface area contributed by atoms with Crippen molar-refractivity contribution in [2.45, 2.75) is 9.79 Å². The van der Waals surface area contributed by atoms with Crippen LogP contribution in [0.15, 0.2) is 58.3 Å². The predicted molar refractivity (Wildman–Crippen MR) is 82.0 cm³/mol. The van der Waals surface area contributed by atoms with Gasteiger partial charge in [0.05, 0.1) is 5.75 Å². The molecule has 1 amide bonds. The molecule has 0 bridgehead atoms. The first-order valence-corrected chi connectivity index (χ1v) is 8.79. The predicted octanol–water partition coefficient (Wildman–Crippen LogP) is 2.07. The van der Waals surface area contributed by atoms with Gasteiger partial charge in [0.15, 0.2) is 0 Å². The highest BCUT2D eigenvalue weighted by atomic mass is 32.2. The van der Waals surface area contributed by atoms with E-state index in [0.29, 0.717) is 0 Å². The smallest absolute Gasteiger partial charge is 0.260 e. The fourth-order valence-corrected chi connectivity index (χ4v) is 3.26. The maximum atomic E-state index is 13.4. The number of benzene rings is 2. The van der Waals surface area contributed by atoms with Gasteiger partial charge in [0.25, 0.3) is 10.0 Å². The first kappa shape index (κ1) is 17.4. The lowest BCUT2D eigenvalue weighted by Gasteiger charge is -2.09. The van der Waals surface area contributed by atoms with Gasteiger partial charge in [0.2, 0.25) is 5.91 Å². The minimum Gasteiger partial charge on any atom is -0.277 e. The number of hydrazine groups is 1. The second-order valence-corrected chi connectivity index (χ2v) is 6.97. The van der Waals surface area contributed by atoms with Crippen LogP contribution in [0.4, 0.5) is 8.78 Å². The van der Waals surface area contributed by atoms with Crippen LogP contribution in [0, 0.1) is 11.6 Å². The van der Waals surface area contributed by atoms with Gasteiger partial charge in [-0.25, -0.2) is 17.2 Å². The molecule has 0 saturated carbocycles. The minimum atomic E-state index is -4.22. The van der Waals surface area contributed by atoms with Crippen molar-refractivity contribution in [3.05, 3.63) is 60.2 Å². The highest BCUT2D eigenvalue weighted by molar-refractivity contribution is 8.00. The molecular formula is C14H12F2N2O3S2. The van der Waals surface area contributed by atoms with Gasteiger partial charge < -0.3 is 0 Å². The standard InChI is InChI=1S/C14H12F2N2O3S2/c15-10-5-1-3-7-12(10)22-9-14(19)17-18-23(20,21)13-8-4-2-6-11(13)16/h1-8,18H,9H2,(H,17,19). The van der Waals surface area contributed by atoms with Crippen molar-refractivity contribution in [1.29, 1.82) is 0 Å². The molecule has 0 fully saturated rings. The van der Waals surface area contributed by atoms with E-state index < -0.39 is 32.5 Å². The number of rotatable bonds is 6. The maximum absolute atomic E-state index is 13.4. The third-order valence-corrected chi connectivity index (χ3v) is 4.98. The van der Waals surface area contributed by atoms with E-state index in [1.54, 1.807) is 10.9 Å². The summed E-state index contributed by atoms with van der Waals surface area (Å²) in [6.45, 7) is 0. The third-order valence-electron chi connectivity index (χ3n) is 2.65. The maximum Gasteiger partial charge on any atom is 0.260 e. The van der Waals surface area contributed by atoms with E-state index >= 15 is 0 Å². The van der Waals surface area contributed by atoms with Crippen molar-refractivity contribution in [1.82, 2.24) is 10.3 Å². The van der Waals surface area contributed by atoms with Crippen LogP contribution in [0.3, 0.4) is 0 Å². The fraction of sp³-hybridized carbons (Fsp3) is 0.0714. The highest BCUT2D eigenvalue weighted by Crippen LogP contribution is 2.20. The molecule has 2 aromatic rings. The minimum absolute atomic E-state index is 0.208. The number of hydrogen-bond donors (Lipinski definition) is 2. The summed E-state index contributed by atoms with van der Waals surface area (Å²) < 4.78 is 50.5. The topological polar surface area (TPSA) is 75.3 Å². The number of nitrogens with one attached hydrogen (secondary N) is 2. The second-order valence-electron chi connectivity index (χ2n) is 4.30. The molecule has 2 aromatic carbocycles. The van der Waals surface area contributed by atoms with Gasteiger partial charge in [-0.15, -0.1) is 16.6 Å². The summed E-state index contributed by atoms with van der Waals surface area (Å²) in [6, 6.07) is 10.6. The van der Waals surface area contributed by atoms with E-state index in [-0.39, 0.29) is 10.6 Å². The third kappa shape index (κ3) is 4.75. The summed E-state index contributed by atoms with van der Waals surface area (Å²) in [5.74, 6) is -2.31. The molecule has 0 radical (unpaired) electrons. The normalized spacial score (nSPS) is 11.2. The number of amides is 1. The van der Waals surface area contributed by atoms with E-state index in [9.17, 15) is 22.0 Å². The Morgan fingerprint density at radius 3 is 2.26 bits per heavy atom. The van der Waals surface area contributed by atoms with Gasteiger partial charge in [-0.1, -0.05) is 24.3 Å². The van der Waals surface area contributed by atoms with E-state index in [1.807, 2.05) is 5.43 Å². The Kier molecular flexibility index (Phi) is 5.69. The van der Waals surface area contributed by atoms with Crippen LogP contribution in [0.25, 0.3) is 0 Å². The molecule has 122 valence electrons. The molecule has 2 rings (SSSR count). The average Bonchev–Trinajstić information content (AvgIpc) is 2.52. The summed E-state index contributed by atoms with van der Waals surface area (Å²) in [7, 11) is -4.22. The first-order chi connectivity index (χ1) is 10.9. The van der Waals surface area contributed by atoms with E-state index in [2.05, 4.69) is 0 Å². The number of thioether (sulfide) groups is 1. The molecule has 0 spiro atoms. The van der Waals surface area contributed by atoms with Crippen LogP contribution >= 0.6 is 11.8 Å². The molecule has 9 heteroatoms. The van der Waals surface area contributed by atoms with Gasteiger partial charge >= 0.3 is 0 Å². The van der Waals surface area contributed by atoms with E-state index in [0.717, 1.165) is 23.9 Å². The monoisotopic (exact) mass is 358 g/mol. The van der Waals surface area contributed by atoms with Crippen LogP contribution < -0.4 is 10.3 Å². The number of hydrogen-bond acceptors (Lipinski definition) is 4. The van der Waals surface area contributed by atoms with Gasteiger partial charge in [0.1, 0.15) is 16.5 Å². The largest absolute Gasteiger partial charge is 0.277 e. The molecule has 0 aromatic heterocycles. The van der Waals surface area contributed by atoms with Crippen LogP contribution in [0.1, 0.15) is 0 Å². The zero-order chi connectivity index (χ0) is 16.9. The number of halogens is 2. The molecular weight excluding hydrogens is 346 g/mol. The Labute approximate surface area is 136 Å². The van der Waals surface area contributed by atoms with E-state index in [4.69, 9.17) is 0 Å². The second kappa shape index (κ2) is 7.53. The lowest BCUT2D eigenvalue weighted by atomic mass is 10.3. The zero-order valence-electron chi connectivity index (χ0n) is 11.6. The lowest BCUT2D eigenvalue weighted by molar-refractivity contribution is -0.119. The van der Waals surface area contributed by atoms with Crippen molar-refractivity contribution in [2.24, 2.45) is 0 Å². The van der Waals surface area contributed by atoms with Crippen LogP contribution in [0.5, 0.6) is 0 Å². The van der Waals surface area contributed by atoms with Crippen LogP contribution in [0.2, 0.25) is 0 Å². The SMILES string of the molecule is O=C(CSc1ccccc1F)NNS(=O)(=O)c1ccccc1F. The molecule has 2 N–H and O–H groups in total. The quantitative estimate of drug-likeness (QED) is 0.612. The molecule has 0 heterocycles. The summed E-state index contributed by atoms with van der Waals surface area (Å²) in [5.41, 5.74) is 1.95. The van der Waals surface area contributed by atoms with Gasteiger partial charge in [-0.05, 0) is 24.3 Å². The molecule has 0 aliphatic carbocycles. The average molecular weight is 358 g/mol. The van der Waals surface area contributed by atoms with Crippen LogP contribution in [-0.2, 0) is 14.8 Å². The van der Waals surface area contributed by atoms with Gasteiger partial charge in [0, 0.05) is 4.90 Å². The zero-order valence-corrected chi connectivity index (χ0v) is 13.3. The first-order valence-electron chi connectivity index (χ1n) is 6.32. The van der Waals surface area contributed by atoms with Crippen LogP contribution in [-0.4, -0.2) is 20.1 Å². The molecule has 0 aliphatic rings. The molecule has 0 unspecified atom stereocenters. The Hall–Kier alpha value is -1.97. The van der Waals surface area contributed by atoms with Crippen molar-refractivity contribution in [2.75, 3.05) is 5.75 Å². The molecule has 5 nitrogen and oxygen atoms in total. The molecule has 0 saturated heterocycles. The molecule has 23 heavy (non-hydrogen) atoms. The molecule has 0 aliphatic heterocycles. The van der Waals surface area contributed by atoms with Gasteiger partial charge in [-0.2, -0.15) is 0 Å². The van der Waals surface area contributed by atoms with Crippen molar-refractivity contribution in [3.8, 4) is 0 Å². The number of carbonyl (C=O) groups is 1. The Balaban J connectivity index is 1.92. The fourth-order valence-electron chi connectivity index (χ4n) is 1.58. The Bertz CT molecular complexity index is 813. The van der Waals surface area contributed by atoms with Crippen molar-refractivity contribution < 1.29 is 22.0 Å². The highest BCUT2D eigenvalue weighted by Gasteiger charge is 2.19. The summed E-state index contributed by atoms with van der Waals surface area (Å²) >= 11 is 0.909. The lowest BCUT2D eigenvalue weighted by Crippen LogP contribution is -2.42. The number of carbonyl (C=O) groups excluding carboxylic acids is 1. The summed E-state index contributed by atoms with van der Waals surface area (Å²) in [5, 5.41) is 0. The number of sulfonamides is 1. The Morgan fingerprint density at radius 1 is 1.00 bits per heavy atom. The molecule has 0 atom stereocenters. The van der Waals surface area contributed by atoms with Crippen molar-refractivity contribution in [3.63, 3.8) is 0 Å².